The molecule has 0 aromatic carbocycles. The second-order valence-electron chi connectivity index (χ2n) is 8.45. The van der Waals surface area contributed by atoms with Crippen LogP contribution in [-0.4, -0.2) is 76.0 Å². The van der Waals surface area contributed by atoms with Gasteiger partial charge in [0.05, 0.1) is 17.3 Å². The van der Waals surface area contributed by atoms with Gasteiger partial charge in [0, 0.05) is 26.2 Å². The second kappa shape index (κ2) is 7.60. The number of sulfonamides is 1. The Morgan fingerprint density at radius 3 is 2.25 bits per heavy atom. The Kier molecular flexibility index (Phi) is 6.37. The second-order valence-corrected chi connectivity index (χ2v) is 12.7. The normalized spacial score (nSPS) is 27.2. The maximum Gasteiger partial charge on any atom is 0.214 e. The maximum absolute atomic E-state index is 12.6. The van der Waals surface area contributed by atoms with Gasteiger partial charge >= 0.3 is 0 Å². The predicted octanol–water partition coefficient (Wildman–Crippen LogP) is 1.19. The molecule has 0 N–H and O–H groups in total. The lowest BCUT2D eigenvalue weighted by atomic mass is 9.92. The summed E-state index contributed by atoms with van der Waals surface area (Å²) in [6, 6.07) is 0. The van der Waals surface area contributed by atoms with Crippen LogP contribution in [0, 0.1) is 11.3 Å². The van der Waals surface area contributed by atoms with E-state index in [0.29, 0.717) is 25.9 Å². The average Bonchev–Trinajstić information content (AvgIpc) is 2.43. The highest BCUT2D eigenvalue weighted by Gasteiger charge is 2.33. The first-order chi connectivity index (χ1) is 11.0. The van der Waals surface area contributed by atoms with Crippen LogP contribution in [0.25, 0.3) is 0 Å². The third kappa shape index (κ3) is 6.28. The van der Waals surface area contributed by atoms with Gasteiger partial charge in [0.15, 0.2) is 9.84 Å². The lowest BCUT2D eigenvalue weighted by molar-refractivity contribution is 0.167. The summed E-state index contributed by atoms with van der Waals surface area (Å²) in [5.74, 6) is -0.0326. The minimum absolute atomic E-state index is 0.0196. The van der Waals surface area contributed by atoms with Crippen LogP contribution in [0.2, 0.25) is 0 Å². The molecule has 0 aromatic heterocycles. The quantitative estimate of drug-likeness (QED) is 0.716. The van der Waals surface area contributed by atoms with E-state index in [1.165, 1.54) is 0 Å². The smallest absolute Gasteiger partial charge is 0.214 e. The van der Waals surface area contributed by atoms with Crippen LogP contribution in [0.15, 0.2) is 0 Å². The summed E-state index contributed by atoms with van der Waals surface area (Å²) in [5.41, 5.74) is 0.287. The number of nitrogens with zero attached hydrogens (tertiary/aromatic N) is 2. The van der Waals surface area contributed by atoms with Crippen LogP contribution in [-0.2, 0) is 19.9 Å². The summed E-state index contributed by atoms with van der Waals surface area (Å²) in [6.07, 6.45) is 2.38. The summed E-state index contributed by atoms with van der Waals surface area (Å²) in [6.45, 7) is 10.2. The van der Waals surface area contributed by atoms with Gasteiger partial charge < -0.3 is 4.90 Å². The molecule has 1 atom stereocenters. The van der Waals surface area contributed by atoms with E-state index in [2.05, 4.69) is 25.7 Å². The number of hydrogen-bond donors (Lipinski definition) is 0. The topological polar surface area (TPSA) is 74.8 Å². The molecule has 1 unspecified atom stereocenters. The zero-order valence-electron chi connectivity index (χ0n) is 15.2. The van der Waals surface area contributed by atoms with Crippen molar-refractivity contribution in [3.63, 3.8) is 0 Å². The molecule has 2 rings (SSSR count). The molecule has 2 aliphatic rings. The van der Waals surface area contributed by atoms with Gasteiger partial charge in [-0.3, -0.25) is 0 Å². The maximum atomic E-state index is 12.6. The lowest BCUT2D eigenvalue weighted by Gasteiger charge is -2.36. The van der Waals surface area contributed by atoms with Crippen LogP contribution in [0.4, 0.5) is 0 Å². The molecular weight excluding hydrogens is 348 g/mol. The summed E-state index contributed by atoms with van der Waals surface area (Å²) in [4.78, 5) is 2.32. The van der Waals surface area contributed by atoms with Gasteiger partial charge in [-0.05, 0) is 37.1 Å². The molecule has 2 aliphatic heterocycles. The monoisotopic (exact) mass is 380 g/mol. The molecular formula is C16H32N2O4S2. The number of sulfone groups is 1. The van der Waals surface area contributed by atoms with Crippen molar-refractivity contribution in [3.8, 4) is 0 Å². The van der Waals surface area contributed by atoms with Crippen molar-refractivity contribution < 1.29 is 16.8 Å². The molecule has 2 heterocycles. The van der Waals surface area contributed by atoms with Crippen molar-refractivity contribution >= 4 is 19.9 Å². The van der Waals surface area contributed by atoms with Gasteiger partial charge in [-0.25, -0.2) is 16.8 Å². The first kappa shape index (κ1) is 20.1. The summed E-state index contributed by atoms with van der Waals surface area (Å²) in [7, 11) is -6.41. The van der Waals surface area contributed by atoms with Crippen LogP contribution >= 0.6 is 0 Å². The Morgan fingerprint density at radius 2 is 1.71 bits per heavy atom. The minimum atomic E-state index is -3.36. The van der Waals surface area contributed by atoms with Crippen molar-refractivity contribution in [2.24, 2.45) is 11.3 Å². The lowest BCUT2D eigenvalue weighted by Crippen LogP contribution is -2.50. The molecule has 0 bridgehead atoms. The molecule has 0 spiro atoms. The Labute approximate surface area is 147 Å². The predicted molar refractivity (Wildman–Crippen MR) is 97.2 cm³/mol. The van der Waals surface area contributed by atoms with E-state index < -0.39 is 19.9 Å². The van der Waals surface area contributed by atoms with Crippen molar-refractivity contribution in [2.45, 2.75) is 40.0 Å². The molecule has 0 aliphatic carbocycles. The van der Waals surface area contributed by atoms with Gasteiger partial charge in [0.1, 0.15) is 0 Å². The molecule has 0 radical (unpaired) electrons. The van der Waals surface area contributed by atoms with Crippen LogP contribution in [0.1, 0.15) is 40.0 Å². The van der Waals surface area contributed by atoms with E-state index in [4.69, 9.17) is 0 Å². The third-order valence-electron chi connectivity index (χ3n) is 4.91. The SMILES string of the molecule is CC(C)(C)CCN1CCN(S(=O)(=O)CC2CCCS(=O)(=O)C2)CC1. The Morgan fingerprint density at radius 1 is 1.08 bits per heavy atom. The average molecular weight is 381 g/mol. The Hall–Kier alpha value is -0.180. The van der Waals surface area contributed by atoms with Crippen LogP contribution < -0.4 is 0 Å². The zero-order valence-corrected chi connectivity index (χ0v) is 16.8. The molecule has 0 saturated carbocycles. The molecule has 24 heavy (non-hydrogen) atoms. The fraction of sp³-hybridized carbons (Fsp3) is 1.00. The molecule has 2 saturated heterocycles. The number of hydrogen-bond acceptors (Lipinski definition) is 5. The van der Waals surface area contributed by atoms with Gasteiger partial charge in [-0.15, -0.1) is 0 Å². The third-order valence-corrected chi connectivity index (χ3v) is 8.84. The van der Waals surface area contributed by atoms with Crippen molar-refractivity contribution in [2.75, 3.05) is 50.0 Å². The van der Waals surface area contributed by atoms with E-state index in [-0.39, 0.29) is 28.6 Å². The summed E-state index contributed by atoms with van der Waals surface area (Å²) in [5, 5.41) is 0. The molecule has 0 amide bonds. The Bertz CT molecular complexity index is 615. The standard InChI is InChI=1S/C16H32N2O4S2/c1-16(2,3)6-7-17-8-10-18(11-9-17)24(21,22)14-15-5-4-12-23(19,20)13-15/h15H,4-14H2,1-3H3. The van der Waals surface area contributed by atoms with E-state index >= 15 is 0 Å². The van der Waals surface area contributed by atoms with E-state index in [0.717, 1.165) is 26.1 Å². The van der Waals surface area contributed by atoms with Gasteiger partial charge in [0.25, 0.3) is 0 Å². The van der Waals surface area contributed by atoms with E-state index in [9.17, 15) is 16.8 Å². The zero-order chi connectivity index (χ0) is 18.0. The largest absolute Gasteiger partial charge is 0.301 e. The van der Waals surface area contributed by atoms with Crippen LogP contribution in [0.3, 0.4) is 0 Å². The number of rotatable bonds is 5. The Balaban J connectivity index is 1.84. The van der Waals surface area contributed by atoms with E-state index in [1.807, 2.05) is 0 Å². The summed E-state index contributed by atoms with van der Waals surface area (Å²) >= 11 is 0. The highest BCUT2D eigenvalue weighted by molar-refractivity contribution is 7.91. The van der Waals surface area contributed by atoms with Crippen LogP contribution in [0.5, 0.6) is 0 Å². The molecule has 6 nitrogen and oxygen atoms in total. The highest BCUT2D eigenvalue weighted by atomic mass is 32.2. The molecule has 8 heteroatoms. The van der Waals surface area contributed by atoms with Crippen molar-refractivity contribution in [1.82, 2.24) is 9.21 Å². The first-order valence-electron chi connectivity index (χ1n) is 8.87. The van der Waals surface area contributed by atoms with Crippen molar-refractivity contribution in [3.05, 3.63) is 0 Å². The summed E-state index contributed by atoms with van der Waals surface area (Å²) < 4.78 is 50.2. The molecule has 142 valence electrons. The molecule has 2 fully saturated rings. The van der Waals surface area contributed by atoms with E-state index in [1.54, 1.807) is 4.31 Å². The van der Waals surface area contributed by atoms with Gasteiger partial charge in [-0.1, -0.05) is 20.8 Å². The first-order valence-corrected chi connectivity index (χ1v) is 12.3. The van der Waals surface area contributed by atoms with Gasteiger partial charge in [-0.2, -0.15) is 4.31 Å². The molecule has 0 aromatic rings. The fourth-order valence-corrected chi connectivity index (χ4v) is 7.11. The number of piperazine rings is 1. The minimum Gasteiger partial charge on any atom is -0.301 e. The van der Waals surface area contributed by atoms with Crippen molar-refractivity contribution in [1.29, 1.82) is 0 Å². The highest BCUT2D eigenvalue weighted by Crippen LogP contribution is 2.23. The fourth-order valence-electron chi connectivity index (χ4n) is 3.38. The van der Waals surface area contributed by atoms with Gasteiger partial charge in [0.2, 0.25) is 10.0 Å².